The van der Waals surface area contributed by atoms with Crippen LogP contribution in [0.4, 0.5) is 0 Å². The van der Waals surface area contributed by atoms with Gasteiger partial charge in [0.1, 0.15) is 0 Å². The zero-order valence-electron chi connectivity index (χ0n) is 10.5. The Hall–Kier alpha value is 0.360. The van der Waals surface area contributed by atoms with Gasteiger partial charge in [-0.1, -0.05) is 15.9 Å². The molecule has 2 aliphatic heterocycles. The van der Waals surface area contributed by atoms with Crippen LogP contribution in [-0.2, 0) is 4.74 Å². The van der Waals surface area contributed by atoms with Crippen molar-refractivity contribution < 1.29 is 9.84 Å². The van der Waals surface area contributed by atoms with Gasteiger partial charge < -0.3 is 14.7 Å². The van der Waals surface area contributed by atoms with E-state index in [-0.39, 0.29) is 0 Å². The molecular formula is C13H24BrNO2. The summed E-state index contributed by atoms with van der Waals surface area (Å²) in [6.07, 6.45) is 4.67. The average Bonchev–Trinajstić information content (AvgIpc) is 2.41. The molecule has 0 saturated carbocycles. The molecule has 0 aliphatic carbocycles. The Balaban J connectivity index is 1.82. The second kappa shape index (κ2) is 6.50. The molecule has 2 heterocycles. The molecule has 2 aliphatic rings. The van der Waals surface area contributed by atoms with Gasteiger partial charge in [0.2, 0.25) is 0 Å². The molecular weight excluding hydrogens is 282 g/mol. The lowest BCUT2D eigenvalue weighted by Gasteiger charge is -2.42. The summed E-state index contributed by atoms with van der Waals surface area (Å²) >= 11 is 3.70. The molecule has 0 aromatic rings. The Labute approximate surface area is 113 Å². The molecule has 0 amide bonds. The second-order valence-electron chi connectivity index (χ2n) is 5.65. The zero-order chi connectivity index (χ0) is 12.1. The van der Waals surface area contributed by atoms with Gasteiger partial charge in [-0.15, -0.1) is 0 Å². The van der Waals surface area contributed by atoms with Crippen molar-refractivity contribution in [2.24, 2.45) is 11.3 Å². The van der Waals surface area contributed by atoms with Crippen LogP contribution in [0.2, 0.25) is 0 Å². The molecule has 2 saturated heterocycles. The minimum absolute atomic E-state index is 0.366. The first-order valence-corrected chi connectivity index (χ1v) is 7.87. The van der Waals surface area contributed by atoms with Crippen LogP contribution in [0.15, 0.2) is 0 Å². The van der Waals surface area contributed by atoms with Gasteiger partial charge in [-0.05, 0) is 50.1 Å². The highest BCUT2D eigenvalue weighted by molar-refractivity contribution is 9.09. The fourth-order valence-corrected chi connectivity index (χ4v) is 3.68. The molecule has 4 heteroatoms. The van der Waals surface area contributed by atoms with Crippen LogP contribution < -0.4 is 0 Å². The first-order chi connectivity index (χ1) is 8.28. The summed E-state index contributed by atoms with van der Waals surface area (Å²) in [6, 6.07) is 0. The summed E-state index contributed by atoms with van der Waals surface area (Å²) in [4.78, 5) is 2.58. The average molecular weight is 306 g/mol. The van der Waals surface area contributed by atoms with Crippen molar-refractivity contribution in [3.05, 3.63) is 0 Å². The highest BCUT2D eigenvalue weighted by Crippen LogP contribution is 2.34. The number of piperidine rings is 1. The van der Waals surface area contributed by atoms with Crippen LogP contribution in [0.1, 0.15) is 25.7 Å². The van der Waals surface area contributed by atoms with Crippen molar-refractivity contribution >= 4 is 15.9 Å². The van der Waals surface area contributed by atoms with Crippen molar-refractivity contribution in [3.8, 4) is 0 Å². The molecule has 0 spiro atoms. The summed E-state index contributed by atoms with van der Waals surface area (Å²) in [5.41, 5.74) is 0.421. The molecule has 0 atom stereocenters. The lowest BCUT2D eigenvalue weighted by atomic mass is 9.81. The van der Waals surface area contributed by atoms with Crippen LogP contribution >= 0.6 is 15.9 Å². The third-order valence-electron chi connectivity index (χ3n) is 4.36. The summed E-state index contributed by atoms with van der Waals surface area (Å²) in [7, 11) is 0. The summed E-state index contributed by atoms with van der Waals surface area (Å²) in [6.45, 7) is 5.70. The van der Waals surface area contributed by atoms with E-state index in [0.29, 0.717) is 17.9 Å². The van der Waals surface area contributed by atoms with E-state index in [4.69, 9.17) is 9.84 Å². The first kappa shape index (κ1) is 13.8. The maximum absolute atomic E-state index is 9.15. The van der Waals surface area contributed by atoms with Gasteiger partial charge in [0, 0.05) is 31.7 Å². The molecule has 100 valence electrons. The number of likely N-dealkylation sites (tertiary alicyclic amines) is 1. The number of aliphatic hydroxyl groups is 1. The maximum atomic E-state index is 9.15. The van der Waals surface area contributed by atoms with Gasteiger partial charge >= 0.3 is 0 Å². The van der Waals surface area contributed by atoms with Crippen LogP contribution in [-0.4, -0.2) is 54.8 Å². The fourth-order valence-electron chi connectivity index (χ4n) is 2.94. The number of halogens is 1. The van der Waals surface area contributed by atoms with E-state index in [1.165, 1.54) is 19.4 Å². The highest BCUT2D eigenvalue weighted by Gasteiger charge is 2.34. The van der Waals surface area contributed by atoms with E-state index >= 15 is 0 Å². The molecule has 1 N–H and O–H groups in total. The molecule has 0 bridgehead atoms. The maximum Gasteiger partial charge on any atom is 0.0472 e. The SMILES string of the molecule is OCC1CCN(CC2(CBr)CCOCC2)CC1. The van der Waals surface area contributed by atoms with Gasteiger partial charge in [0.05, 0.1) is 0 Å². The smallest absolute Gasteiger partial charge is 0.0472 e. The minimum atomic E-state index is 0.366. The predicted octanol–water partition coefficient (Wildman–Crippen LogP) is 1.88. The van der Waals surface area contributed by atoms with Gasteiger partial charge in [-0.25, -0.2) is 0 Å². The topological polar surface area (TPSA) is 32.7 Å². The molecule has 0 radical (unpaired) electrons. The number of nitrogens with zero attached hydrogens (tertiary/aromatic N) is 1. The number of hydrogen-bond acceptors (Lipinski definition) is 3. The molecule has 2 fully saturated rings. The van der Waals surface area contributed by atoms with Crippen LogP contribution in [0.5, 0.6) is 0 Å². The van der Waals surface area contributed by atoms with Gasteiger partial charge in [0.15, 0.2) is 0 Å². The quantitative estimate of drug-likeness (QED) is 0.805. The number of alkyl halides is 1. The number of ether oxygens (including phenoxy) is 1. The van der Waals surface area contributed by atoms with Gasteiger partial charge in [0.25, 0.3) is 0 Å². The number of aliphatic hydroxyl groups excluding tert-OH is 1. The van der Waals surface area contributed by atoms with Crippen LogP contribution in [0.25, 0.3) is 0 Å². The zero-order valence-corrected chi connectivity index (χ0v) is 12.1. The largest absolute Gasteiger partial charge is 0.396 e. The van der Waals surface area contributed by atoms with E-state index in [9.17, 15) is 0 Å². The molecule has 0 unspecified atom stereocenters. The van der Waals surface area contributed by atoms with Crippen molar-refractivity contribution in [2.75, 3.05) is 44.8 Å². The van der Waals surface area contributed by atoms with Crippen molar-refractivity contribution in [1.29, 1.82) is 0 Å². The van der Waals surface area contributed by atoms with E-state index in [1.54, 1.807) is 0 Å². The van der Waals surface area contributed by atoms with E-state index < -0.39 is 0 Å². The fraction of sp³-hybridized carbons (Fsp3) is 1.00. The molecule has 17 heavy (non-hydrogen) atoms. The molecule has 0 aromatic carbocycles. The van der Waals surface area contributed by atoms with E-state index in [1.807, 2.05) is 0 Å². The van der Waals surface area contributed by atoms with Crippen molar-refractivity contribution in [3.63, 3.8) is 0 Å². The normalized spacial score (nSPS) is 27.2. The first-order valence-electron chi connectivity index (χ1n) is 6.75. The van der Waals surface area contributed by atoms with Gasteiger partial charge in [-0.2, -0.15) is 0 Å². The van der Waals surface area contributed by atoms with Crippen molar-refractivity contribution in [2.45, 2.75) is 25.7 Å². The van der Waals surface area contributed by atoms with Crippen molar-refractivity contribution in [1.82, 2.24) is 4.90 Å². The summed E-state index contributed by atoms with van der Waals surface area (Å²) < 4.78 is 5.48. The minimum Gasteiger partial charge on any atom is -0.396 e. The Bertz CT molecular complexity index is 223. The molecule has 3 nitrogen and oxygen atoms in total. The number of hydrogen-bond donors (Lipinski definition) is 1. The van der Waals surface area contributed by atoms with Gasteiger partial charge in [-0.3, -0.25) is 0 Å². The lowest BCUT2D eigenvalue weighted by Crippen LogP contribution is -2.45. The second-order valence-corrected chi connectivity index (χ2v) is 6.21. The summed E-state index contributed by atoms with van der Waals surface area (Å²) in [5, 5.41) is 10.2. The Morgan fingerprint density at radius 2 is 1.88 bits per heavy atom. The Morgan fingerprint density at radius 1 is 1.24 bits per heavy atom. The monoisotopic (exact) mass is 305 g/mol. The van der Waals surface area contributed by atoms with E-state index in [0.717, 1.165) is 44.5 Å². The molecule has 0 aromatic heterocycles. The standard InChI is InChI=1S/C13H24BrNO2/c14-10-13(3-7-17-8-4-13)11-15-5-1-12(9-16)2-6-15/h12,16H,1-11H2. The Kier molecular flexibility index (Phi) is 5.27. The third kappa shape index (κ3) is 3.66. The lowest BCUT2D eigenvalue weighted by molar-refractivity contribution is 0.000831. The summed E-state index contributed by atoms with van der Waals surface area (Å²) in [5.74, 6) is 0.542. The molecule has 2 rings (SSSR count). The number of rotatable bonds is 4. The predicted molar refractivity (Wildman–Crippen MR) is 72.5 cm³/mol. The third-order valence-corrected chi connectivity index (χ3v) is 5.55. The van der Waals surface area contributed by atoms with Crippen LogP contribution in [0.3, 0.4) is 0 Å². The highest BCUT2D eigenvalue weighted by atomic mass is 79.9. The van der Waals surface area contributed by atoms with Crippen LogP contribution in [0, 0.1) is 11.3 Å². The van der Waals surface area contributed by atoms with E-state index in [2.05, 4.69) is 20.8 Å². The Morgan fingerprint density at radius 3 is 2.41 bits per heavy atom.